The lowest BCUT2D eigenvalue weighted by atomic mass is 9.97. The smallest absolute Gasteiger partial charge is 0.247 e. The van der Waals surface area contributed by atoms with Crippen molar-refractivity contribution in [3.63, 3.8) is 0 Å². The quantitative estimate of drug-likeness (QED) is 0.391. The van der Waals surface area contributed by atoms with E-state index in [1.165, 1.54) is 0 Å². The zero-order chi connectivity index (χ0) is 30.7. The first kappa shape index (κ1) is 30.2. The molecule has 3 amide bonds. The molecule has 10 heteroatoms. The van der Waals surface area contributed by atoms with Gasteiger partial charge in [-0.05, 0) is 62.3 Å². The Morgan fingerprint density at radius 1 is 1.16 bits per heavy atom. The number of aromatic nitrogens is 1. The van der Waals surface area contributed by atoms with E-state index >= 15 is 0 Å². The predicted molar refractivity (Wildman–Crippen MR) is 166 cm³/mol. The minimum absolute atomic E-state index is 0.139. The second kappa shape index (κ2) is 12.9. The van der Waals surface area contributed by atoms with Gasteiger partial charge in [0.2, 0.25) is 17.7 Å². The van der Waals surface area contributed by atoms with Crippen LogP contribution in [0.3, 0.4) is 0 Å². The van der Waals surface area contributed by atoms with Crippen molar-refractivity contribution in [1.29, 1.82) is 0 Å². The number of ether oxygens (including phenoxy) is 2. The van der Waals surface area contributed by atoms with Gasteiger partial charge in [0, 0.05) is 41.8 Å². The Hall–Kier alpha value is -4.31. The van der Waals surface area contributed by atoms with Crippen molar-refractivity contribution in [2.45, 2.75) is 57.3 Å². The maximum Gasteiger partial charge on any atom is 0.247 e. The van der Waals surface area contributed by atoms with Crippen molar-refractivity contribution in [3.8, 4) is 11.5 Å². The molecule has 10 nitrogen and oxygen atoms in total. The summed E-state index contributed by atoms with van der Waals surface area (Å²) >= 11 is 0. The molecule has 2 bridgehead atoms. The molecule has 2 aromatic carbocycles. The highest BCUT2D eigenvalue weighted by atomic mass is 16.5. The highest BCUT2D eigenvalue weighted by Gasteiger charge is 2.46. The molecule has 43 heavy (non-hydrogen) atoms. The topological polar surface area (TPSA) is 116 Å². The molecular weight excluding hydrogens is 546 g/mol. The van der Waals surface area contributed by atoms with E-state index in [0.29, 0.717) is 42.9 Å². The number of fused-ring (bicyclic) bond motifs is 4. The van der Waals surface area contributed by atoms with Crippen molar-refractivity contribution in [1.82, 2.24) is 25.4 Å². The Morgan fingerprint density at radius 3 is 2.70 bits per heavy atom. The molecule has 5 rings (SSSR count). The molecule has 1 saturated heterocycles. The number of benzene rings is 2. The number of amides is 3. The highest BCUT2D eigenvalue weighted by molar-refractivity contribution is 5.95. The van der Waals surface area contributed by atoms with Gasteiger partial charge in [-0.15, -0.1) is 0 Å². The van der Waals surface area contributed by atoms with Crippen molar-refractivity contribution in [2.75, 3.05) is 27.7 Å². The van der Waals surface area contributed by atoms with Gasteiger partial charge in [0.15, 0.2) is 0 Å². The summed E-state index contributed by atoms with van der Waals surface area (Å²) < 4.78 is 11.9. The van der Waals surface area contributed by atoms with E-state index in [4.69, 9.17) is 9.47 Å². The number of carbonyl (C=O) groups excluding carboxylic acids is 3. The summed E-state index contributed by atoms with van der Waals surface area (Å²) in [4.78, 5) is 48.5. The van der Waals surface area contributed by atoms with Gasteiger partial charge in [0.1, 0.15) is 29.7 Å². The Morgan fingerprint density at radius 2 is 1.95 bits per heavy atom. The van der Waals surface area contributed by atoms with Crippen molar-refractivity contribution in [2.24, 2.45) is 5.92 Å². The van der Waals surface area contributed by atoms with Gasteiger partial charge in [0.25, 0.3) is 0 Å². The average Bonchev–Trinajstić information content (AvgIpc) is 3.61. The van der Waals surface area contributed by atoms with Crippen LogP contribution in [0.1, 0.15) is 37.8 Å². The lowest BCUT2D eigenvalue weighted by molar-refractivity contribution is -0.144. The first-order valence-electron chi connectivity index (χ1n) is 14.9. The number of likely N-dealkylation sites (N-methyl/N-ethyl adjacent to an activating group) is 1. The van der Waals surface area contributed by atoms with Crippen LogP contribution in [0.5, 0.6) is 11.5 Å². The molecule has 2 aliphatic rings. The SMILES string of the molecule is CCC(C)[C@@H]1NC(=O)[C@@H]2[C@H](CCN2C(=O)[C@H](Cc2c[nH]c3ccccc23)N(C)C)Oc2ccc(OC)c(c2)/C=C\NC1=O. The third-order valence-corrected chi connectivity index (χ3v) is 8.66. The molecule has 0 radical (unpaired) electrons. The summed E-state index contributed by atoms with van der Waals surface area (Å²) in [5.41, 5.74) is 2.75. The summed E-state index contributed by atoms with van der Waals surface area (Å²) in [6.45, 7) is 4.25. The molecule has 3 aromatic rings. The number of hydrogen-bond acceptors (Lipinski definition) is 6. The summed E-state index contributed by atoms with van der Waals surface area (Å²) in [5.74, 6) is 0.132. The lowest BCUT2D eigenvalue weighted by Gasteiger charge is -2.34. The molecule has 3 N–H and O–H groups in total. The number of rotatable bonds is 7. The zero-order valence-electron chi connectivity index (χ0n) is 25.4. The molecule has 1 aromatic heterocycles. The van der Waals surface area contributed by atoms with Crippen LogP contribution in [0.15, 0.2) is 54.9 Å². The molecule has 0 spiro atoms. The molecule has 2 aliphatic heterocycles. The Balaban J connectivity index is 1.50. The van der Waals surface area contributed by atoms with Gasteiger partial charge in [-0.25, -0.2) is 0 Å². The molecule has 0 saturated carbocycles. The number of methoxy groups -OCH3 is 1. The van der Waals surface area contributed by atoms with Gasteiger partial charge in [0.05, 0.1) is 13.2 Å². The van der Waals surface area contributed by atoms with Gasteiger partial charge in [-0.3, -0.25) is 19.3 Å². The number of likely N-dealkylation sites (tertiary alicyclic amines) is 1. The van der Waals surface area contributed by atoms with Crippen LogP contribution < -0.4 is 20.1 Å². The fraction of sp³-hybridized carbons (Fsp3) is 0.424. The number of hydrogen-bond donors (Lipinski definition) is 3. The number of carbonyl (C=O) groups is 3. The summed E-state index contributed by atoms with van der Waals surface area (Å²) in [6.07, 6.45) is 6.24. The summed E-state index contributed by atoms with van der Waals surface area (Å²) in [6, 6.07) is 11.2. The number of aromatic amines is 1. The van der Waals surface area contributed by atoms with Crippen LogP contribution in [-0.2, 0) is 20.8 Å². The zero-order valence-corrected chi connectivity index (χ0v) is 25.4. The van der Waals surface area contributed by atoms with Gasteiger partial charge in [-0.1, -0.05) is 38.5 Å². The van der Waals surface area contributed by atoms with E-state index < -0.39 is 30.1 Å². The number of nitrogens with one attached hydrogen (secondary N) is 3. The van der Waals surface area contributed by atoms with E-state index in [9.17, 15) is 14.4 Å². The normalized spacial score (nSPS) is 22.7. The first-order valence-corrected chi connectivity index (χ1v) is 14.9. The fourth-order valence-electron chi connectivity index (χ4n) is 5.97. The minimum atomic E-state index is -0.920. The highest BCUT2D eigenvalue weighted by Crippen LogP contribution is 2.31. The number of H-pyrrole nitrogens is 1. The van der Waals surface area contributed by atoms with Crippen molar-refractivity contribution >= 4 is 34.7 Å². The van der Waals surface area contributed by atoms with E-state index in [-0.39, 0.29) is 17.7 Å². The third kappa shape index (κ3) is 6.24. The molecular formula is C33H41N5O5. The van der Waals surface area contributed by atoms with Crippen LogP contribution in [-0.4, -0.2) is 84.5 Å². The third-order valence-electron chi connectivity index (χ3n) is 8.66. The van der Waals surface area contributed by atoms with E-state index in [0.717, 1.165) is 16.5 Å². The molecule has 5 atom stereocenters. The van der Waals surface area contributed by atoms with Crippen molar-refractivity contribution in [3.05, 3.63) is 66.0 Å². The second-order valence-corrected chi connectivity index (χ2v) is 11.6. The monoisotopic (exact) mass is 587 g/mol. The maximum atomic E-state index is 14.3. The van der Waals surface area contributed by atoms with Gasteiger partial charge >= 0.3 is 0 Å². The maximum absolute atomic E-state index is 14.3. The van der Waals surface area contributed by atoms with Crippen LogP contribution in [0, 0.1) is 5.92 Å². The lowest BCUT2D eigenvalue weighted by Crippen LogP contribution is -2.59. The fourth-order valence-corrected chi connectivity index (χ4v) is 5.97. The Bertz CT molecular complexity index is 1510. The summed E-state index contributed by atoms with van der Waals surface area (Å²) in [5, 5.41) is 6.86. The summed E-state index contributed by atoms with van der Waals surface area (Å²) in [7, 11) is 5.33. The number of nitrogens with zero attached hydrogens (tertiary/aromatic N) is 2. The van der Waals surface area contributed by atoms with Crippen LogP contribution >= 0.6 is 0 Å². The van der Waals surface area contributed by atoms with Crippen LogP contribution in [0.25, 0.3) is 17.0 Å². The van der Waals surface area contributed by atoms with E-state index in [2.05, 4.69) is 15.6 Å². The molecule has 1 unspecified atom stereocenters. The van der Waals surface area contributed by atoms with Gasteiger partial charge in [-0.2, -0.15) is 0 Å². The Labute approximate surface area is 252 Å². The predicted octanol–water partition coefficient (Wildman–Crippen LogP) is 3.33. The molecule has 1 fully saturated rings. The van der Waals surface area contributed by atoms with Crippen LogP contribution in [0.2, 0.25) is 0 Å². The average molecular weight is 588 g/mol. The number of para-hydroxylation sites is 1. The second-order valence-electron chi connectivity index (χ2n) is 11.6. The molecule has 0 aliphatic carbocycles. The largest absolute Gasteiger partial charge is 0.496 e. The van der Waals surface area contributed by atoms with Crippen LogP contribution in [0.4, 0.5) is 0 Å². The molecule has 228 valence electrons. The van der Waals surface area contributed by atoms with Gasteiger partial charge < -0.3 is 30.0 Å². The van der Waals surface area contributed by atoms with Crippen molar-refractivity contribution < 1.29 is 23.9 Å². The molecule has 3 heterocycles. The van der Waals surface area contributed by atoms with E-state index in [1.54, 1.807) is 36.4 Å². The Kier molecular flexibility index (Phi) is 9.05. The minimum Gasteiger partial charge on any atom is -0.496 e. The van der Waals surface area contributed by atoms with E-state index in [1.807, 2.05) is 69.4 Å². The standard InChI is InChI=1S/C33H41N5O5/c1-6-20(2)29-31(39)34-15-13-21-17-23(11-12-27(21)42-5)43-28-14-16-38(30(28)32(40)36-29)33(41)26(37(3)4)18-22-19-35-25-10-8-7-9-24(22)25/h7-13,15,17,19-20,26,28-30,35H,6,14,16,18H2,1-5H3,(H,34,39)(H,36,40)/b15-13-/t20?,26-,28-,29-,30-/m0/s1. The first-order chi connectivity index (χ1) is 20.7.